The number of piperidine rings is 1. The molecule has 1 aliphatic rings. The van der Waals surface area contributed by atoms with E-state index in [4.69, 9.17) is 34.8 Å². The number of halogens is 3. The van der Waals surface area contributed by atoms with Crippen LogP contribution in [0.4, 0.5) is 0 Å². The van der Waals surface area contributed by atoms with Crippen LogP contribution >= 0.6 is 46.6 Å². The van der Waals surface area contributed by atoms with Crippen molar-refractivity contribution >= 4 is 62.5 Å². The van der Waals surface area contributed by atoms with E-state index in [9.17, 15) is 13.2 Å². The van der Waals surface area contributed by atoms with Gasteiger partial charge in [0.15, 0.2) is 0 Å². The van der Waals surface area contributed by atoms with Crippen LogP contribution in [0.3, 0.4) is 0 Å². The first-order valence-corrected chi connectivity index (χ1v) is 14.2. The second-order valence-electron chi connectivity index (χ2n) is 7.63. The molecule has 1 aliphatic heterocycles. The summed E-state index contributed by atoms with van der Waals surface area (Å²) in [5, 5.41) is 4.30. The smallest absolute Gasteiger partial charge is 0.224 e. The maximum Gasteiger partial charge on any atom is 0.224 e. The Balaban J connectivity index is 1.47. The minimum absolute atomic E-state index is 0.107. The van der Waals surface area contributed by atoms with E-state index in [1.54, 1.807) is 30.0 Å². The Morgan fingerprint density at radius 3 is 2.56 bits per heavy atom. The first-order chi connectivity index (χ1) is 15.3. The molecule has 0 spiro atoms. The molecule has 0 aromatic heterocycles. The molecule has 0 bridgehead atoms. The molecule has 0 saturated carbocycles. The highest BCUT2D eigenvalue weighted by atomic mass is 35.5. The third-order valence-corrected chi connectivity index (χ3v) is 8.99. The molecule has 10 heteroatoms. The van der Waals surface area contributed by atoms with Crippen LogP contribution < -0.4 is 5.32 Å². The zero-order valence-corrected chi connectivity index (χ0v) is 21.3. The zero-order chi connectivity index (χ0) is 23.1. The number of nitrogens with zero attached hydrogens (tertiary/aromatic N) is 1. The van der Waals surface area contributed by atoms with Gasteiger partial charge in [-0.2, -0.15) is 11.8 Å². The molecular formula is C22H25Cl3N2O3S2. The molecular weight excluding hydrogens is 511 g/mol. The van der Waals surface area contributed by atoms with E-state index in [0.717, 1.165) is 17.1 Å². The Kier molecular flexibility index (Phi) is 9.58. The monoisotopic (exact) mass is 534 g/mol. The van der Waals surface area contributed by atoms with Gasteiger partial charge in [0.2, 0.25) is 15.9 Å². The predicted molar refractivity (Wildman–Crippen MR) is 134 cm³/mol. The van der Waals surface area contributed by atoms with Gasteiger partial charge in [-0.15, -0.1) is 0 Å². The lowest BCUT2D eigenvalue weighted by Crippen LogP contribution is -2.46. The quantitative estimate of drug-likeness (QED) is 0.446. The first-order valence-electron chi connectivity index (χ1n) is 10.3. The molecule has 32 heavy (non-hydrogen) atoms. The number of benzene rings is 2. The van der Waals surface area contributed by atoms with Crippen molar-refractivity contribution < 1.29 is 13.2 Å². The highest BCUT2D eigenvalue weighted by Gasteiger charge is 2.33. The molecule has 0 unspecified atom stereocenters. The van der Waals surface area contributed by atoms with E-state index in [2.05, 4.69) is 5.32 Å². The fraction of sp³-hybridized carbons (Fsp3) is 0.409. The third-order valence-electron chi connectivity index (χ3n) is 5.24. The Hall–Kier alpha value is -0.960. The minimum Gasteiger partial charge on any atom is -0.355 e. The number of nitrogens with one attached hydrogen (secondary N) is 1. The number of hydrogen-bond donors (Lipinski definition) is 1. The molecule has 1 N–H and O–H groups in total. The summed E-state index contributed by atoms with van der Waals surface area (Å²) in [6.07, 6.45) is 1.30. The number of amides is 1. The van der Waals surface area contributed by atoms with Gasteiger partial charge in [0.1, 0.15) is 0 Å². The minimum atomic E-state index is -3.64. The van der Waals surface area contributed by atoms with Crippen molar-refractivity contribution in [2.24, 2.45) is 5.92 Å². The van der Waals surface area contributed by atoms with Crippen molar-refractivity contribution in [3.8, 4) is 0 Å². The molecule has 1 heterocycles. The summed E-state index contributed by atoms with van der Waals surface area (Å²) in [6, 6.07) is 12.6. The number of carbonyl (C=O) groups excluding carboxylic acids is 1. The lowest BCUT2D eigenvalue weighted by molar-refractivity contribution is -0.125. The molecule has 1 atom stereocenters. The number of carbonyl (C=O) groups is 1. The van der Waals surface area contributed by atoms with Gasteiger partial charge in [-0.25, -0.2) is 12.7 Å². The Labute approximate surface area is 208 Å². The van der Waals surface area contributed by atoms with E-state index in [1.165, 1.54) is 4.31 Å². The first kappa shape index (κ1) is 25.7. The summed E-state index contributed by atoms with van der Waals surface area (Å²) in [7, 11) is -3.64. The highest BCUT2D eigenvalue weighted by Crippen LogP contribution is 2.29. The Morgan fingerprint density at radius 1 is 1.12 bits per heavy atom. The summed E-state index contributed by atoms with van der Waals surface area (Å²) in [6.45, 7) is 1.10. The fourth-order valence-electron chi connectivity index (χ4n) is 3.56. The summed E-state index contributed by atoms with van der Waals surface area (Å²) >= 11 is 20.0. The summed E-state index contributed by atoms with van der Waals surface area (Å²) < 4.78 is 27.3. The van der Waals surface area contributed by atoms with Gasteiger partial charge in [-0.1, -0.05) is 53.0 Å². The van der Waals surface area contributed by atoms with Crippen LogP contribution in [0.2, 0.25) is 15.1 Å². The Bertz CT molecular complexity index is 1030. The fourth-order valence-corrected chi connectivity index (χ4v) is 6.94. The van der Waals surface area contributed by atoms with Gasteiger partial charge >= 0.3 is 0 Å². The molecule has 3 rings (SSSR count). The second-order valence-corrected chi connectivity index (χ2v) is 12.0. The Morgan fingerprint density at radius 2 is 1.84 bits per heavy atom. The van der Waals surface area contributed by atoms with E-state index in [0.29, 0.717) is 46.6 Å². The predicted octanol–water partition coefficient (Wildman–Crippen LogP) is 5.24. The van der Waals surface area contributed by atoms with Gasteiger partial charge in [0, 0.05) is 51.8 Å². The van der Waals surface area contributed by atoms with Crippen LogP contribution in [0.25, 0.3) is 0 Å². The molecule has 2 aromatic rings. The van der Waals surface area contributed by atoms with E-state index in [1.807, 2.05) is 24.3 Å². The van der Waals surface area contributed by atoms with E-state index in [-0.39, 0.29) is 24.1 Å². The normalized spacial score (nSPS) is 17.3. The van der Waals surface area contributed by atoms with Crippen LogP contribution in [-0.2, 0) is 26.3 Å². The molecule has 5 nitrogen and oxygen atoms in total. The average Bonchev–Trinajstić information content (AvgIpc) is 2.76. The standard InChI is InChI=1S/C22H25Cl3N2O3S2/c23-18-6-1-4-16(12-18)14-31-11-9-26-22(28)17-5-3-10-27(13-17)32(29,30)15-19-20(24)7-2-8-21(19)25/h1-2,4,6-8,12,17H,3,5,9-11,13-15H2,(H,26,28)/t17-/m0/s1. The number of sulfonamides is 1. The summed E-state index contributed by atoms with van der Waals surface area (Å²) in [5.41, 5.74) is 1.53. The zero-order valence-electron chi connectivity index (χ0n) is 17.4. The lowest BCUT2D eigenvalue weighted by Gasteiger charge is -2.31. The maximum atomic E-state index is 12.9. The van der Waals surface area contributed by atoms with Gasteiger partial charge in [0.05, 0.1) is 11.7 Å². The molecule has 1 fully saturated rings. The molecule has 1 amide bonds. The van der Waals surface area contributed by atoms with Crippen LogP contribution in [-0.4, -0.2) is 44.0 Å². The van der Waals surface area contributed by atoms with Crippen molar-refractivity contribution in [1.82, 2.24) is 9.62 Å². The van der Waals surface area contributed by atoms with Crippen LogP contribution in [0.1, 0.15) is 24.0 Å². The van der Waals surface area contributed by atoms with Crippen molar-refractivity contribution in [1.29, 1.82) is 0 Å². The van der Waals surface area contributed by atoms with E-state index < -0.39 is 10.0 Å². The second kappa shape index (κ2) is 12.0. The van der Waals surface area contributed by atoms with Gasteiger partial charge < -0.3 is 5.32 Å². The maximum absolute atomic E-state index is 12.9. The van der Waals surface area contributed by atoms with Gasteiger partial charge in [-0.05, 0) is 42.7 Å². The van der Waals surface area contributed by atoms with Crippen molar-refractivity contribution in [3.63, 3.8) is 0 Å². The van der Waals surface area contributed by atoms with Gasteiger partial charge in [0.25, 0.3) is 0 Å². The summed E-state index contributed by atoms with van der Waals surface area (Å²) in [4.78, 5) is 12.6. The average molecular weight is 536 g/mol. The number of rotatable bonds is 9. The highest BCUT2D eigenvalue weighted by molar-refractivity contribution is 7.98. The van der Waals surface area contributed by atoms with Crippen molar-refractivity contribution in [3.05, 3.63) is 68.7 Å². The number of hydrogen-bond acceptors (Lipinski definition) is 4. The topological polar surface area (TPSA) is 66.5 Å². The van der Waals surface area contributed by atoms with Crippen LogP contribution in [0.15, 0.2) is 42.5 Å². The van der Waals surface area contributed by atoms with Crippen molar-refractivity contribution in [2.75, 3.05) is 25.4 Å². The molecule has 174 valence electrons. The molecule has 2 aromatic carbocycles. The van der Waals surface area contributed by atoms with Crippen LogP contribution in [0.5, 0.6) is 0 Å². The van der Waals surface area contributed by atoms with Crippen molar-refractivity contribution in [2.45, 2.75) is 24.3 Å². The molecule has 0 aliphatic carbocycles. The van der Waals surface area contributed by atoms with E-state index >= 15 is 0 Å². The largest absolute Gasteiger partial charge is 0.355 e. The lowest BCUT2D eigenvalue weighted by atomic mass is 9.99. The molecule has 1 saturated heterocycles. The van der Waals surface area contributed by atoms with Gasteiger partial charge in [-0.3, -0.25) is 4.79 Å². The molecule has 0 radical (unpaired) electrons. The number of thioether (sulfide) groups is 1. The third kappa shape index (κ3) is 7.27. The SMILES string of the molecule is O=C(NCCSCc1cccc(Cl)c1)[C@H]1CCCN(S(=O)(=O)Cc2c(Cl)cccc2Cl)C1. The summed E-state index contributed by atoms with van der Waals surface area (Å²) in [5.74, 6) is 0.830. The van der Waals surface area contributed by atoms with Crippen LogP contribution in [0, 0.1) is 5.92 Å².